The molecule has 14 heavy (non-hydrogen) atoms. The lowest BCUT2D eigenvalue weighted by molar-refractivity contribution is -0.110. The summed E-state index contributed by atoms with van der Waals surface area (Å²) in [5.41, 5.74) is -0.193. The van der Waals surface area contributed by atoms with Crippen molar-refractivity contribution >= 4 is 9.84 Å². The predicted octanol–water partition coefficient (Wildman–Crippen LogP) is -0.0595. The van der Waals surface area contributed by atoms with E-state index in [1.54, 1.807) is 0 Å². The monoisotopic (exact) mass is 219 g/mol. The van der Waals surface area contributed by atoms with Gasteiger partial charge >= 0.3 is 0 Å². The number of ether oxygens (including phenoxy) is 1. The average molecular weight is 219 g/mol. The largest absolute Gasteiger partial charge is 0.368 e. The Morgan fingerprint density at radius 2 is 2.21 bits per heavy atom. The zero-order valence-corrected chi connectivity index (χ0v) is 9.43. The van der Waals surface area contributed by atoms with Gasteiger partial charge in [0.25, 0.3) is 0 Å². The predicted molar refractivity (Wildman–Crippen MR) is 54.0 cm³/mol. The Balaban J connectivity index is 2.12. The minimum Gasteiger partial charge on any atom is -0.368 e. The van der Waals surface area contributed by atoms with Gasteiger partial charge in [-0.3, -0.25) is 0 Å². The third kappa shape index (κ3) is 1.81. The number of morpholine rings is 1. The number of hydrogen-bond acceptors (Lipinski definition) is 4. The van der Waals surface area contributed by atoms with E-state index in [4.69, 9.17) is 4.74 Å². The van der Waals surface area contributed by atoms with Gasteiger partial charge in [0.15, 0.2) is 9.84 Å². The van der Waals surface area contributed by atoms with E-state index < -0.39 is 9.84 Å². The van der Waals surface area contributed by atoms with E-state index in [0.717, 1.165) is 13.0 Å². The highest BCUT2D eigenvalue weighted by atomic mass is 32.2. The molecule has 4 nitrogen and oxygen atoms in total. The summed E-state index contributed by atoms with van der Waals surface area (Å²) in [5.74, 6) is 0.414. The highest BCUT2D eigenvalue weighted by Gasteiger charge is 2.45. The second kappa shape index (κ2) is 3.18. The topological polar surface area (TPSA) is 55.4 Å². The molecule has 0 spiro atoms. The highest BCUT2D eigenvalue weighted by molar-refractivity contribution is 7.91. The molecule has 2 fully saturated rings. The summed E-state index contributed by atoms with van der Waals surface area (Å²) in [6.07, 6.45) is 0.766. The molecule has 1 N–H and O–H groups in total. The molecule has 2 saturated heterocycles. The van der Waals surface area contributed by atoms with Crippen LogP contribution in [0.15, 0.2) is 0 Å². The maximum atomic E-state index is 11.4. The Morgan fingerprint density at radius 3 is 2.86 bits per heavy atom. The molecule has 0 aromatic heterocycles. The summed E-state index contributed by atoms with van der Waals surface area (Å²) in [7, 11) is -2.87. The molecular weight excluding hydrogens is 202 g/mol. The first-order chi connectivity index (χ1) is 6.44. The molecule has 2 aliphatic heterocycles. The van der Waals surface area contributed by atoms with E-state index in [1.807, 2.05) is 6.92 Å². The first-order valence-electron chi connectivity index (χ1n) is 5.06. The molecule has 0 radical (unpaired) electrons. The maximum absolute atomic E-state index is 11.4. The van der Waals surface area contributed by atoms with Crippen LogP contribution < -0.4 is 5.32 Å². The summed E-state index contributed by atoms with van der Waals surface area (Å²) in [5, 5.41) is 3.27. The second-order valence-corrected chi connectivity index (χ2v) is 6.68. The zero-order valence-electron chi connectivity index (χ0n) is 8.62. The van der Waals surface area contributed by atoms with Crippen LogP contribution in [0.25, 0.3) is 0 Å². The standard InChI is InChI=1S/C9H17NO3S/c1-3-9(2)6-10-7-4-14(11,12)5-8(7)13-9/h7-8,10H,3-6H2,1-2H3. The zero-order chi connectivity index (χ0) is 10.4. The van der Waals surface area contributed by atoms with Gasteiger partial charge in [0.1, 0.15) is 0 Å². The molecular formula is C9H17NO3S. The maximum Gasteiger partial charge on any atom is 0.154 e. The molecule has 0 amide bonds. The van der Waals surface area contributed by atoms with Crippen LogP contribution in [0.2, 0.25) is 0 Å². The molecule has 0 aromatic carbocycles. The number of sulfone groups is 1. The van der Waals surface area contributed by atoms with Gasteiger partial charge in [0.2, 0.25) is 0 Å². The van der Waals surface area contributed by atoms with E-state index in [1.165, 1.54) is 0 Å². The average Bonchev–Trinajstić information content (AvgIpc) is 2.38. The van der Waals surface area contributed by atoms with E-state index >= 15 is 0 Å². The van der Waals surface area contributed by atoms with Crippen LogP contribution in [0, 0.1) is 0 Å². The Labute approximate surface area is 84.9 Å². The van der Waals surface area contributed by atoms with Crippen molar-refractivity contribution in [1.82, 2.24) is 5.32 Å². The first kappa shape index (κ1) is 10.4. The van der Waals surface area contributed by atoms with E-state index in [-0.39, 0.29) is 29.3 Å². The third-order valence-electron chi connectivity index (χ3n) is 3.22. The van der Waals surface area contributed by atoms with Crippen molar-refractivity contribution in [3.63, 3.8) is 0 Å². The van der Waals surface area contributed by atoms with Crippen LogP contribution in [0.5, 0.6) is 0 Å². The molecule has 2 rings (SSSR count). The molecule has 3 atom stereocenters. The summed E-state index contributed by atoms with van der Waals surface area (Å²) >= 11 is 0. The van der Waals surface area contributed by atoms with Crippen molar-refractivity contribution in [2.24, 2.45) is 0 Å². The van der Waals surface area contributed by atoms with Crippen molar-refractivity contribution in [1.29, 1.82) is 0 Å². The van der Waals surface area contributed by atoms with Gasteiger partial charge in [-0.15, -0.1) is 0 Å². The first-order valence-corrected chi connectivity index (χ1v) is 6.88. The van der Waals surface area contributed by atoms with E-state index in [0.29, 0.717) is 0 Å². The normalized spacial score (nSPS) is 46.1. The van der Waals surface area contributed by atoms with Crippen molar-refractivity contribution in [2.75, 3.05) is 18.1 Å². The second-order valence-electron chi connectivity index (χ2n) is 4.52. The van der Waals surface area contributed by atoms with Gasteiger partial charge < -0.3 is 10.1 Å². The summed E-state index contributed by atoms with van der Waals surface area (Å²) in [4.78, 5) is 0. The fourth-order valence-electron chi connectivity index (χ4n) is 2.08. The van der Waals surface area contributed by atoms with E-state index in [2.05, 4.69) is 12.2 Å². The van der Waals surface area contributed by atoms with Crippen LogP contribution in [-0.2, 0) is 14.6 Å². The Hall–Kier alpha value is -0.130. The molecule has 0 bridgehead atoms. The van der Waals surface area contributed by atoms with Gasteiger partial charge in [-0.1, -0.05) is 6.92 Å². The lowest BCUT2D eigenvalue weighted by Crippen LogP contribution is -2.57. The summed E-state index contributed by atoms with van der Waals surface area (Å²) in [6.45, 7) is 4.84. The van der Waals surface area contributed by atoms with Gasteiger partial charge in [0, 0.05) is 12.6 Å². The lowest BCUT2D eigenvalue weighted by Gasteiger charge is -2.40. The van der Waals surface area contributed by atoms with Gasteiger partial charge in [0.05, 0.1) is 23.2 Å². The molecule has 0 aromatic rings. The summed E-state index contributed by atoms with van der Waals surface area (Å²) in [6, 6.07) is 0.0135. The van der Waals surface area contributed by atoms with Gasteiger partial charge in [-0.25, -0.2) is 8.42 Å². The van der Waals surface area contributed by atoms with E-state index in [9.17, 15) is 8.42 Å². The Kier molecular flexibility index (Phi) is 2.36. The lowest BCUT2D eigenvalue weighted by atomic mass is 9.99. The van der Waals surface area contributed by atoms with Crippen LogP contribution in [-0.4, -0.2) is 44.2 Å². The molecule has 2 heterocycles. The molecule has 3 unspecified atom stereocenters. The van der Waals surface area contributed by atoms with Crippen molar-refractivity contribution in [3.8, 4) is 0 Å². The van der Waals surface area contributed by atoms with Crippen LogP contribution in [0.3, 0.4) is 0 Å². The van der Waals surface area contributed by atoms with Gasteiger partial charge in [-0.05, 0) is 13.3 Å². The number of hydrogen-bond donors (Lipinski definition) is 1. The van der Waals surface area contributed by atoms with Gasteiger partial charge in [-0.2, -0.15) is 0 Å². The minimum absolute atomic E-state index is 0.0135. The number of fused-ring (bicyclic) bond motifs is 1. The molecule has 5 heteroatoms. The fraction of sp³-hybridized carbons (Fsp3) is 1.00. The third-order valence-corrected chi connectivity index (χ3v) is 4.93. The van der Waals surface area contributed by atoms with Crippen molar-refractivity contribution in [2.45, 2.75) is 38.0 Å². The fourth-order valence-corrected chi connectivity index (χ4v) is 3.90. The van der Waals surface area contributed by atoms with Crippen LogP contribution in [0.1, 0.15) is 20.3 Å². The Morgan fingerprint density at radius 1 is 1.50 bits per heavy atom. The quantitative estimate of drug-likeness (QED) is 0.671. The number of rotatable bonds is 1. The molecule has 0 saturated carbocycles. The van der Waals surface area contributed by atoms with Crippen molar-refractivity contribution in [3.05, 3.63) is 0 Å². The molecule has 82 valence electrons. The number of nitrogens with one attached hydrogen (secondary N) is 1. The minimum atomic E-state index is -2.87. The molecule has 0 aliphatic carbocycles. The van der Waals surface area contributed by atoms with Crippen molar-refractivity contribution < 1.29 is 13.2 Å². The SMILES string of the molecule is CCC1(C)CNC2CS(=O)(=O)CC2O1. The summed E-state index contributed by atoms with van der Waals surface area (Å²) < 4.78 is 28.6. The highest BCUT2D eigenvalue weighted by Crippen LogP contribution is 2.28. The Bertz CT molecular complexity index is 327. The van der Waals surface area contributed by atoms with Crippen LogP contribution in [0.4, 0.5) is 0 Å². The van der Waals surface area contributed by atoms with Crippen LogP contribution >= 0.6 is 0 Å². The molecule has 2 aliphatic rings. The smallest absolute Gasteiger partial charge is 0.154 e.